The molecule has 0 bridgehead atoms. The molecule has 0 unspecified atom stereocenters. The number of aromatic nitrogens is 1. The summed E-state index contributed by atoms with van der Waals surface area (Å²) in [5.74, 6) is 0.423. The number of benzene rings is 2. The van der Waals surface area contributed by atoms with E-state index in [0.717, 1.165) is 5.56 Å². The second-order valence-corrected chi connectivity index (χ2v) is 7.93. The van der Waals surface area contributed by atoms with E-state index in [0.29, 0.717) is 22.7 Å². The van der Waals surface area contributed by atoms with Crippen molar-refractivity contribution < 1.29 is 17.6 Å². The SMILES string of the molecule is Cc1cccc(CS(=O)(=O)Nc2ccc(NC(=O)NCc3cnco3)cc2)c1. The molecule has 8 nitrogen and oxygen atoms in total. The van der Waals surface area contributed by atoms with Crippen LogP contribution in [0.4, 0.5) is 16.2 Å². The average Bonchev–Trinajstić information content (AvgIpc) is 3.14. The lowest BCUT2D eigenvalue weighted by Gasteiger charge is -2.10. The predicted octanol–water partition coefficient (Wildman–Crippen LogP) is 3.25. The van der Waals surface area contributed by atoms with Gasteiger partial charge in [0.05, 0.1) is 18.5 Å². The Bertz CT molecular complexity index is 1030. The Hall–Kier alpha value is -3.33. The van der Waals surface area contributed by atoms with E-state index in [1.54, 1.807) is 30.3 Å². The van der Waals surface area contributed by atoms with Crippen LogP contribution in [0.3, 0.4) is 0 Å². The van der Waals surface area contributed by atoms with E-state index in [2.05, 4.69) is 20.3 Å². The van der Waals surface area contributed by atoms with Gasteiger partial charge in [-0.3, -0.25) is 4.72 Å². The van der Waals surface area contributed by atoms with Crippen LogP contribution in [0.15, 0.2) is 65.5 Å². The molecule has 1 heterocycles. The molecule has 0 saturated carbocycles. The van der Waals surface area contributed by atoms with Crippen LogP contribution < -0.4 is 15.4 Å². The lowest BCUT2D eigenvalue weighted by atomic mass is 10.2. The van der Waals surface area contributed by atoms with Gasteiger partial charge < -0.3 is 15.1 Å². The van der Waals surface area contributed by atoms with Crippen molar-refractivity contribution in [1.29, 1.82) is 0 Å². The van der Waals surface area contributed by atoms with Crippen molar-refractivity contribution in [2.24, 2.45) is 0 Å². The van der Waals surface area contributed by atoms with Crippen LogP contribution in [-0.4, -0.2) is 19.4 Å². The minimum absolute atomic E-state index is 0.112. The molecule has 0 aliphatic rings. The van der Waals surface area contributed by atoms with Gasteiger partial charge in [-0.2, -0.15) is 0 Å². The Balaban J connectivity index is 1.54. The summed E-state index contributed by atoms with van der Waals surface area (Å²) >= 11 is 0. The summed E-state index contributed by atoms with van der Waals surface area (Å²) < 4.78 is 32.2. The van der Waals surface area contributed by atoms with Crippen LogP contribution in [0, 0.1) is 6.92 Å². The maximum Gasteiger partial charge on any atom is 0.319 e. The van der Waals surface area contributed by atoms with Gasteiger partial charge in [0.2, 0.25) is 10.0 Å². The molecule has 0 aliphatic heterocycles. The monoisotopic (exact) mass is 400 g/mol. The number of hydrogen-bond donors (Lipinski definition) is 3. The molecule has 28 heavy (non-hydrogen) atoms. The van der Waals surface area contributed by atoms with E-state index in [4.69, 9.17) is 4.42 Å². The Morgan fingerprint density at radius 1 is 1.11 bits per heavy atom. The maximum absolute atomic E-state index is 12.3. The Morgan fingerprint density at radius 2 is 1.86 bits per heavy atom. The predicted molar refractivity (Wildman–Crippen MR) is 106 cm³/mol. The van der Waals surface area contributed by atoms with E-state index >= 15 is 0 Å². The fraction of sp³-hybridized carbons (Fsp3) is 0.158. The number of sulfonamides is 1. The van der Waals surface area contributed by atoms with Crippen LogP contribution in [-0.2, 0) is 22.3 Å². The number of nitrogens with one attached hydrogen (secondary N) is 3. The number of rotatable bonds is 7. The van der Waals surface area contributed by atoms with Crippen molar-refractivity contribution in [1.82, 2.24) is 10.3 Å². The van der Waals surface area contributed by atoms with Crippen molar-refractivity contribution in [2.45, 2.75) is 19.2 Å². The zero-order chi connectivity index (χ0) is 20.0. The number of carbonyl (C=O) groups excluding carboxylic acids is 1. The van der Waals surface area contributed by atoms with Gasteiger partial charge in [-0.1, -0.05) is 29.8 Å². The van der Waals surface area contributed by atoms with Gasteiger partial charge >= 0.3 is 6.03 Å². The summed E-state index contributed by atoms with van der Waals surface area (Å²) in [6.45, 7) is 2.12. The zero-order valence-corrected chi connectivity index (χ0v) is 16.0. The average molecular weight is 400 g/mol. The van der Waals surface area contributed by atoms with Gasteiger partial charge in [0, 0.05) is 11.4 Å². The first kappa shape index (κ1) is 19.4. The molecule has 2 amide bonds. The number of amides is 2. The Labute approximate surface area is 163 Å². The third-order valence-electron chi connectivity index (χ3n) is 3.76. The zero-order valence-electron chi connectivity index (χ0n) is 15.2. The number of aryl methyl sites for hydroxylation is 1. The van der Waals surface area contributed by atoms with Crippen molar-refractivity contribution in [3.8, 4) is 0 Å². The molecule has 0 fully saturated rings. The largest absolute Gasteiger partial charge is 0.447 e. The highest BCUT2D eigenvalue weighted by atomic mass is 32.2. The molecule has 0 spiro atoms. The molecule has 9 heteroatoms. The van der Waals surface area contributed by atoms with Crippen LogP contribution in [0.25, 0.3) is 0 Å². The molecule has 146 valence electrons. The number of oxazole rings is 1. The fourth-order valence-corrected chi connectivity index (χ4v) is 3.72. The van der Waals surface area contributed by atoms with Crippen LogP contribution in [0.1, 0.15) is 16.9 Å². The van der Waals surface area contributed by atoms with Gasteiger partial charge in [-0.05, 0) is 36.8 Å². The van der Waals surface area contributed by atoms with E-state index in [1.807, 2.05) is 25.1 Å². The topological polar surface area (TPSA) is 113 Å². The standard InChI is InChI=1S/C19H20N4O4S/c1-14-3-2-4-15(9-14)12-28(25,26)23-17-7-5-16(6-8-17)22-19(24)21-11-18-10-20-13-27-18/h2-10,13,23H,11-12H2,1H3,(H2,21,22,24). The summed E-state index contributed by atoms with van der Waals surface area (Å²) in [6.07, 6.45) is 2.80. The lowest BCUT2D eigenvalue weighted by molar-refractivity contribution is 0.251. The smallest absolute Gasteiger partial charge is 0.319 e. The molecular formula is C19H20N4O4S. The molecule has 0 atom stereocenters. The minimum Gasteiger partial charge on any atom is -0.447 e. The molecule has 3 N–H and O–H groups in total. The number of anilines is 2. The van der Waals surface area contributed by atoms with E-state index in [-0.39, 0.29) is 12.3 Å². The van der Waals surface area contributed by atoms with E-state index in [1.165, 1.54) is 12.6 Å². The molecule has 2 aromatic carbocycles. The van der Waals surface area contributed by atoms with Crippen LogP contribution in [0.2, 0.25) is 0 Å². The quantitative estimate of drug-likeness (QED) is 0.563. The van der Waals surface area contributed by atoms with Crippen LogP contribution in [0.5, 0.6) is 0 Å². The molecule has 1 aromatic heterocycles. The second-order valence-electron chi connectivity index (χ2n) is 6.20. The summed E-state index contributed by atoms with van der Waals surface area (Å²) in [5, 5.41) is 5.27. The van der Waals surface area contributed by atoms with Crippen molar-refractivity contribution >= 4 is 27.4 Å². The summed E-state index contributed by atoms with van der Waals surface area (Å²) in [6, 6.07) is 13.3. The summed E-state index contributed by atoms with van der Waals surface area (Å²) in [5.41, 5.74) is 2.66. The molecule has 3 rings (SSSR count). The maximum atomic E-state index is 12.3. The Morgan fingerprint density at radius 3 is 2.54 bits per heavy atom. The van der Waals surface area contributed by atoms with Crippen LogP contribution >= 0.6 is 0 Å². The van der Waals surface area contributed by atoms with Gasteiger partial charge in [0.1, 0.15) is 5.76 Å². The first-order valence-corrected chi connectivity index (χ1v) is 10.1. The van der Waals surface area contributed by atoms with Gasteiger partial charge in [-0.15, -0.1) is 0 Å². The highest BCUT2D eigenvalue weighted by Crippen LogP contribution is 2.17. The normalized spacial score (nSPS) is 11.0. The lowest BCUT2D eigenvalue weighted by Crippen LogP contribution is -2.28. The molecule has 0 radical (unpaired) electrons. The van der Waals surface area contributed by atoms with E-state index < -0.39 is 16.1 Å². The van der Waals surface area contributed by atoms with Crippen molar-refractivity contribution in [3.63, 3.8) is 0 Å². The third-order valence-corrected chi connectivity index (χ3v) is 5.02. The highest BCUT2D eigenvalue weighted by Gasteiger charge is 2.12. The number of nitrogens with zero attached hydrogens (tertiary/aromatic N) is 1. The molecular weight excluding hydrogens is 380 g/mol. The number of carbonyl (C=O) groups is 1. The van der Waals surface area contributed by atoms with Gasteiger partial charge in [-0.25, -0.2) is 18.2 Å². The minimum atomic E-state index is -3.54. The number of urea groups is 1. The Kier molecular flexibility index (Phi) is 5.95. The first-order valence-electron chi connectivity index (χ1n) is 8.48. The summed E-state index contributed by atoms with van der Waals surface area (Å²) in [4.78, 5) is 15.6. The second kappa shape index (κ2) is 8.57. The first-order chi connectivity index (χ1) is 13.4. The van der Waals surface area contributed by atoms with Gasteiger partial charge in [0.25, 0.3) is 0 Å². The number of hydrogen-bond acceptors (Lipinski definition) is 5. The van der Waals surface area contributed by atoms with Crippen molar-refractivity contribution in [3.05, 3.63) is 78.0 Å². The summed E-state index contributed by atoms with van der Waals surface area (Å²) in [7, 11) is -3.54. The van der Waals surface area contributed by atoms with E-state index in [9.17, 15) is 13.2 Å². The fourth-order valence-electron chi connectivity index (χ4n) is 2.53. The molecule has 0 saturated heterocycles. The van der Waals surface area contributed by atoms with Crippen molar-refractivity contribution in [2.75, 3.05) is 10.0 Å². The molecule has 3 aromatic rings. The van der Waals surface area contributed by atoms with Gasteiger partial charge in [0.15, 0.2) is 6.39 Å². The molecule has 0 aliphatic carbocycles. The highest BCUT2D eigenvalue weighted by molar-refractivity contribution is 7.91. The third kappa shape index (κ3) is 5.85.